The molecule has 1 aliphatic rings. The summed E-state index contributed by atoms with van der Waals surface area (Å²) in [5.74, 6) is 1.49. The molecule has 0 aliphatic carbocycles. The Morgan fingerprint density at radius 2 is 2.24 bits per heavy atom. The van der Waals surface area contributed by atoms with Crippen LogP contribution in [0, 0.1) is 11.8 Å². The number of alkyl halides is 1. The molecule has 1 aromatic heterocycles. The lowest BCUT2D eigenvalue weighted by Gasteiger charge is -2.19. The monoisotopic (exact) mass is 400 g/mol. The van der Waals surface area contributed by atoms with Crippen molar-refractivity contribution >= 4 is 53.0 Å². The van der Waals surface area contributed by atoms with E-state index in [-0.39, 0.29) is 0 Å². The molecule has 6 heteroatoms. The van der Waals surface area contributed by atoms with Gasteiger partial charge in [-0.15, -0.1) is 11.3 Å². The van der Waals surface area contributed by atoms with Gasteiger partial charge in [-0.3, -0.25) is 0 Å². The molecule has 0 aromatic carbocycles. The maximum Gasteiger partial charge on any atom is 0.150 e. The molecule has 1 aromatic rings. The number of hydrogen-bond acceptors (Lipinski definition) is 3. The summed E-state index contributed by atoms with van der Waals surface area (Å²) < 4.78 is 24.1. The first-order valence-electron chi connectivity index (χ1n) is 5.51. The molecule has 0 radical (unpaired) electrons. The van der Waals surface area contributed by atoms with Gasteiger partial charge in [0.05, 0.1) is 15.3 Å². The second kappa shape index (κ2) is 5.72. The largest absolute Gasteiger partial charge is 0.229 e. The van der Waals surface area contributed by atoms with Gasteiger partial charge in [0.25, 0.3) is 0 Å². The highest BCUT2D eigenvalue weighted by atomic mass is 79.9. The van der Waals surface area contributed by atoms with Gasteiger partial charge in [-0.1, -0.05) is 15.9 Å². The van der Waals surface area contributed by atoms with Gasteiger partial charge in [-0.05, 0) is 52.7 Å². The molecule has 2 unspecified atom stereocenters. The zero-order valence-corrected chi connectivity index (χ0v) is 14.0. The van der Waals surface area contributed by atoms with Gasteiger partial charge in [0.1, 0.15) is 0 Å². The smallest absolute Gasteiger partial charge is 0.150 e. The van der Waals surface area contributed by atoms with Crippen LogP contribution >= 0.6 is 43.2 Å². The van der Waals surface area contributed by atoms with Crippen LogP contribution in [0.3, 0.4) is 0 Å². The van der Waals surface area contributed by atoms with Crippen LogP contribution in [0.25, 0.3) is 0 Å². The van der Waals surface area contributed by atoms with E-state index in [0.717, 1.165) is 22.0 Å². The molecule has 1 fully saturated rings. The highest BCUT2D eigenvalue weighted by Gasteiger charge is 2.33. The first-order chi connectivity index (χ1) is 8.00. The molecular formula is C11H14Br2O2S2. The Labute approximate surface area is 123 Å². The lowest BCUT2D eigenvalue weighted by molar-refractivity contribution is 0.404. The van der Waals surface area contributed by atoms with Crippen molar-refractivity contribution in [2.45, 2.75) is 12.8 Å². The first kappa shape index (κ1) is 14.0. The van der Waals surface area contributed by atoms with Gasteiger partial charge in [0.15, 0.2) is 9.84 Å². The standard InChI is InChI=1S/C11H14Br2O2S2/c12-6-9(5-10-1-2-11(13)16-10)8-3-4-17(14,15)7-8/h1-2,8-9H,3-7H2. The zero-order valence-electron chi connectivity index (χ0n) is 9.23. The predicted molar refractivity (Wildman–Crippen MR) is 79.8 cm³/mol. The average molecular weight is 402 g/mol. The third-order valence-corrected chi connectivity index (χ3v) is 7.50. The zero-order chi connectivity index (χ0) is 12.5. The third kappa shape index (κ3) is 3.78. The van der Waals surface area contributed by atoms with Gasteiger partial charge in [0.2, 0.25) is 0 Å². The van der Waals surface area contributed by atoms with Crippen molar-refractivity contribution in [3.05, 3.63) is 20.8 Å². The summed E-state index contributed by atoms with van der Waals surface area (Å²) in [6, 6.07) is 4.17. The Kier molecular flexibility index (Phi) is 4.72. The van der Waals surface area contributed by atoms with E-state index in [4.69, 9.17) is 0 Å². The molecule has 1 aliphatic heterocycles. The van der Waals surface area contributed by atoms with Crippen molar-refractivity contribution in [2.75, 3.05) is 16.8 Å². The molecule has 1 saturated heterocycles. The Bertz CT molecular complexity index is 481. The molecule has 17 heavy (non-hydrogen) atoms. The minimum atomic E-state index is -2.76. The van der Waals surface area contributed by atoms with Crippen LogP contribution in [0.2, 0.25) is 0 Å². The summed E-state index contributed by atoms with van der Waals surface area (Å²) >= 11 is 8.72. The van der Waals surface area contributed by atoms with Crippen molar-refractivity contribution in [3.63, 3.8) is 0 Å². The number of halogens is 2. The third-order valence-electron chi connectivity index (χ3n) is 3.22. The highest BCUT2D eigenvalue weighted by molar-refractivity contribution is 9.11. The van der Waals surface area contributed by atoms with Crippen molar-refractivity contribution in [1.82, 2.24) is 0 Å². The van der Waals surface area contributed by atoms with E-state index in [2.05, 4.69) is 44.0 Å². The quantitative estimate of drug-likeness (QED) is 0.723. The van der Waals surface area contributed by atoms with Crippen molar-refractivity contribution < 1.29 is 8.42 Å². The fourth-order valence-corrected chi connectivity index (χ4v) is 6.52. The fourth-order valence-electron chi connectivity index (χ4n) is 2.26. The van der Waals surface area contributed by atoms with Crippen LogP contribution in [0.15, 0.2) is 15.9 Å². The lowest BCUT2D eigenvalue weighted by Crippen LogP contribution is -2.19. The number of sulfone groups is 1. The molecule has 2 nitrogen and oxygen atoms in total. The second-order valence-electron chi connectivity index (χ2n) is 4.49. The van der Waals surface area contributed by atoms with E-state index in [0.29, 0.717) is 23.3 Å². The van der Waals surface area contributed by atoms with Crippen LogP contribution in [0.1, 0.15) is 11.3 Å². The Morgan fingerprint density at radius 3 is 2.71 bits per heavy atom. The summed E-state index contributed by atoms with van der Waals surface area (Å²) in [4.78, 5) is 1.32. The maximum absolute atomic E-state index is 11.5. The van der Waals surface area contributed by atoms with E-state index in [1.165, 1.54) is 4.88 Å². The van der Waals surface area contributed by atoms with Gasteiger partial charge < -0.3 is 0 Å². The van der Waals surface area contributed by atoms with Gasteiger partial charge in [-0.2, -0.15) is 0 Å². The number of thiophene rings is 1. The molecule has 0 N–H and O–H groups in total. The van der Waals surface area contributed by atoms with Crippen molar-refractivity contribution in [3.8, 4) is 0 Å². The van der Waals surface area contributed by atoms with Crippen LogP contribution in [0.4, 0.5) is 0 Å². The number of hydrogen-bond donors (Lipinski definition) is 0. The van der Waals surface area contributed by atoms with Crippen molar-refractivity contribution in [2.24, 2.45) is 11.8 Å². The molecule has 0 saturated carbocycles. The SMILES string of the molecule is O=S1(=O)CCC(C(CBr)Cc2ccc(Br)s2)C1. The molecule has 0 amide bonds. The van der Waals surface area contributed by atoms with Gasteiger partial charge in [-0.25, -0.2) is 8.42 Å². The first-order valence-corrected chi connectivity index (χ1v) is 10.1. The normalized spacial score (nSPS) is 24.9. The Balaban J connectivity index is 2.02. The molecule has 2 atom stereocenters. The molecule has 2 heterocycles. The van der Waals surface area contributed by atoms with E-state index in [1.807, 2.05) is 0 Å². The lowest BCUT2D eigenvalue weighted by atomic mass is 9.90. The van der Waals surface area contributed by atoms with Crippen LogP contribution in [-0.4, -0.2) is 25.3 Å². The fraction of sp³-hybridized carbons (Fsp3) is 0.636. The van der Waals surface area contributed by atoms with Crippen LogP contribution in [-0.2, 0) is 16.3 Å². The summed E-state index contributed by atoms with van der Waals surface area (Å²) in [7, 11) is -2.76. The topological polar surface area (TPSA) is 34.1 Å². The molecule has 2 rings (SSSR count). The van der Waals surface area contributed by atoms with E-state index >= 15 is 0 Å². The summed E-state index contributed by atoms with van der Waals surface area (Å²) in [6.45, 7) is 0. The Morgan fingerprint density at radius 1 is 1.47 bits per heavy atom. The molecule has 0 spiro atoms. The van der Waals surface area contributed by atoms with Crippen molar-refractivity contribution in [1.29, 1.82) is 0 Å². The van der Waals surface area contributed by atoms with Gasteiger partial charge >= 0.3 is 0 Å². The van der Waals surface area contributed by atoms with E-state index < -0.39 is 9.84 Å². The van der Waals surface area contributed by atoms with Crippen LogP contribution < -0.4 is 0 Å². The van der Waals surface area contributed by atoms with Crippen LogP contribution in [0.5, 0.6) is 0 Å². The summed E-state index contributed by atoms with van der Waals surface area (Å²) in [6.07, 6.45) is 1.80. The van der Waals surface area contributed by atoms with E-state index in [1.54, 1.807) is 11.3 Å². The molecule has 0 bridgehead atoms. The second-order valence-corrected chi connectivity index (χ2v) is 9.91. The number of rotatable bonds is 4. The highest BCUT2D eigenvalue weighted by Crippen LogP contribution is 2.32. The average Bonchev–Trinajstić information content (AvgIpc) is 2.81. The minimum Gasteiger partial charge on any atom is -0.229 e. The van der Waals surface area contributed by atoms with E-state index in [9.17, 15) is 8.42 Å². The molecular weight excluding hydrogens is 388 g/mol. The molecule has 96 valence electrons. The predicted octanol–water partition coefficient (Wildman–Crippen LogP) is 3.50. The minimum absolute atomic E-state index is 0.320. The Hall–Kier alpha value is 0.610. The maximum atomic E-state index is 11.5. The van der Waals surface area contributed by atoms with Gasteiger partial charge in [0, 0.05) is 10.2 Å². The summed E-state index contributed by atoms with van der Waals surface area (Å²) in [5, 5.41) is 0.878. The summed E-state index contributed by atoms with van der Waals surface area (Å²) in [5.41, 5.74) is 0.